The highest BCUT2D eigenvalue weighted by Gasteiger charge is 2.44. The van der Waals surface area contributed by atoms with E-state index in [2.05, 4.69) is 0 Å². The summed E-state index contributed by atoms with van der Waals surface area (Å²) >= 11 is 0. The van der Waals surface area contributed by atoms with Gasteiger partial charge >= 0.3 is 12.1 Å². The molecule has 2 aliphatic carbocycles. The third-order valence-corrected chi connectivity index (χ3v) is 8.73. The maximum absolute atomic E-state index is 14.3. The summed E-state index contributed by atoms with van der Waals surface area (Å²) < 4.78 is 60.4. The van der Waals surface area contributed by atoms with Crippen LogP contribution >= 0.6 is 0 Å². The number of carboxylic acids is 1. The number of carbonyl (C=O) groups is 1. The summed E-state index contributed by atoms with van der Waals surface area (Å²) in [4.78, 5) is 11.2. The van der Waals surface area contributed by atoms with Crippen LogP contribution in [0, 0.1) is 12.8 Å². The van der Waals surface area contributed by atoms with Crippen LogP contribution in [-0.2, 0) is 22.1 Å². The Balaban J connectivity index is 1.25. The first-order chi connectivity index (χ1) is 20.0. The molecule has 0 aromatic heterocycles. The summed E-state index contributed by atoms with van der Waals surface area (Å²) in [6.45, 7) is 2.70. The topological polar surface area (TPSA) is 85.2 Å². The van der Waals surface area contributed by atoms with E-state index in [-0.39, 0.29) is 24.0 Å². The predicted octanol–water partition coefficient (Wildman–Crippen LogP) is 6.86. The molecular weight excluding hydrogens is 549 g/mol. The van der Waals surface area contributed by atoms with Crippen LogP contribution in [0.25, 0.3) is 11.1 Å². The maximum atomic E-state index is 14.3. The van der Waals surface area contributed by atoms with E-state index in [4.69, 9.17) is 14.2 Å². The molecule has 0 spiro atoms. The summed E-state index contributed by atoms with van der Waals surface area (Å²) in [6, 6.07) is 15.1. The van der Waals surface area contributed by atoms with Crippen LogP contribution in [0.3, 0.4) is 0 Å². The van der Waals surface area contributed by atoms with Gasteiger partial charge in [-0.15, -0.1) is 0 Å². The number of aliphatic carboxylic acids is 1. The number of rotatable bonds is 8. The Morgan fingerprint density at radius 3 is 2.33 bits per heavy atom. The molecular formula is C33H33F3O6. The summed E-state index contributed by atoms with van der Waals surface area (Å²) in [7, 11) is 0. The predicted molar refractivity (Wildman–Crippen MR) is 149 cm³/mol. The van der Waals surface area contributed by atoms with Crippen molar-refractivity contribution < 1.29 is 42.4 Å². The van der Waals surface area contributed by atoms with Gasteiger partial charge < -0.3 is 24.4 Å². The van der Waals surface area contributed by atoms with Gasteiger partial charge in [-0.2, -0.15) is 13.2 Å². The first-order valence-corrected chi connectivity index (χ1v) is 14.3. The lowest BCUT2D eigenvalue weighted by Crippen LogP contribution is -2.41. The van der Waals surface area contributed by atoms with Crippen LogP contribution in [-0.4, -0.2) is 41.6 Å². The molecule has 1 saturated carbocycles. The summed E-state index contributed by atoms with van der Waals surface area (Å²) in [5, 5.41) is 19.9. The van der Waals surface area contributed by atoms with Crippen molar-refractivity contribution in [1.29, 1.82) is 0 Å². The van der Waals surface area contributed by atoms with Gasteiger partial charge in [-0.1, -0.05) is 24.3 Å². The van der Waals surface area contributed by atoms with Crippen molar-refractivity contribution in [3.05, 3.63) is 82.4 Å². The van der Waals surface area contributed by atoms with Crippen molar-refractivity contribution >= 4 is 5.97 Å². The van der Waals surface area contributed by atoms with E-state index in [9.17, 15) is 28.2 Å². The van der Waals surface area contributed by atoms with Crippen LogP contribution in [0.5, 0.6) is 11.5 Å². The molecule has 3 aromatic rings. The molecule has 222 valence electrons. The molecule has 2 fully saturated rings. The number of hydrogen-bond acceptors (Lipinski definition) is 5. The highest BCUT2D eigenvalue weighted by Crippen LogP contribution is 2.49. The first kappa shape index (κ1) is 28.6. The van der Waals surface area contributed by atoms with E-state index in [0.717, 1.165) is 11.1 Å². The molecule has 3 aliphatic rings. The number of halogens is 3. The SMILES string of the molecule is Cc1cc(C(F)(F)F)c(-c2ccc(OCC3(O)CCOCC3)cc2)c2c1[C@H](Oc1ccc([C@H]3C[C@@H]3C(=O)O)cc1)CC2. The van der Waals surface area contributed by atoms with Gasteiger partial charge in [0, 0.05) is 26.1 Å². The molecule has 1 saturated heterocycles. The molecule has 0 bridgehead atoms. The number of benzene rings is 3. The van der Waals surface area contributed by atoms with Crippen molar-refractivity contribution in [3.63, 3.8) is 0 Å². The number of aliphatic hydroxyl groups is 1. The molecule has 6 rings (SSSR count). The number of carboxylic acid groups (broad SMARTS) is 1. The third-order valence-electron chi connectivity index (χ3n) is 8.73. The maximum Gasteiger partial charge on any atom is 0.417 e. The Hall–Kier alpha value is -3.56. The zero-order valence-corrected chi connectivity index (χ0v) is 23.2. The Bertz CT molecular complexity index is 1460. The van der Waals surface area contributed by atoms with Gasteiger partial charge in [0.2, 0.25) is 0 Å². The normalized spacial score (nSPS) is 22.8. The Labute approximate surface area is 242 Å². The van der Waals surface area contributed by atoms with E-state index in [1.165, 1.54) is 6.07 Å². The van der Waals surface area contributed by atoms with Crippen LogP contribution in [0.2, 0.25) is 0 Å². The van der Waals surface area contributed by atoms with Crippen molar-refractivity contribution in [2.75, 3.05) is 19.8 Å². The first-order valence-electron chi connectivity index (χ1n) is 14.3. The van der Waals surface area contributed by atoms with E-state index in [0.29, 0.717) is 73.5 Å². The van der Waals surface area contributed by atoms with Gasteiger partial charge in [0.1, 0.15) is 29.8 Å². The van der Waals surface area contributed by atoms with E-state index in [1.807, 2.05) is 12.1 Å². The summed E-state index contributed by atoms with van der Waals surface area (Å²) in [6.07, 6.45) is -2.40. The van der Waals surface area contributed by atoms with Crippen LogP contribution in [0.1, 0.15) is 65.5 Å². The molecule has 1 aliphatic heterocycles. The Morgan fingerprint density at radius 2 is 1.71 bits per heavy atom. The second-order valence-corrected chi connectivity index (χ2v) is 11.7. The average Bonchev–Trinajstić information content (AvgIpc) is 3.66. The largest absolute Gasteiger partial charge is 0.491 e. The fourth-order valence-corrected chi connectivity index (χ4v) is 6.33. The second-order valence-electron chi connectivity index (χ2n) is 11.7. The average molecular weight is 583 g/mol. The fourth-order valence-electron chi connectivity index (χ4n) is 6.33. The Kier molecular flexibility index (Phi) is 7.43. The number of ether oxygens (including phenoxy) is 3. The molecule has 0 radical (unpaired) electrons. The monoisotopic (exact) mass is 582 g/mol. The third kappa shape index (κ3) is 5.72. The number of hydrogen-bond donors (Lipinski definition) is 2. The van der Waals surface area contributed by atoms with Gasteiger partial charge in [0.15, 0.2) is 0 Å². The lowest BCUT2D eigenvalue weighted by molar-refractivity contribution is -0.139. The van der Waals surface area contributed by atoms with E-state index >= 15 is 0 Å². The molecule has 9 heteroatoms. The van der Waals surface area contributed by atoms with E-state index < -0.39 is 29.4 Å². The van der Waals surface area contributed by atoms with Gasteiger partial charge in [-0.25, -0.2) is 0 Å². The lowest BCUT2D eigenvalue weighted by atomic mass is 9.88. The molecule has 6 nitrogen and oxygen atoms in total. The van der Waals surface area contributed by atoms with Crippen LogP contribution in [0.15, 0.2) is 54.6 Å². The lowest BCUT2D eigenvalue weighted by Gasteiger charge is -2.31. The molecule has 42 heavy (non-hydrogen) atoms. The Morgan fingerprint density at radius 1 is 1.05 bits per heavy atom. The molecule has 0 amide bonds. The van der Waals surface area contributed by atoms with Crippen molar-refractivity contribution in [2.45, 2.75) is 62.8 Å². The zero-order chi connectivity index (χ0) is 29.6. The fraction of sp³-hybridized carbons (Fsp3) is 0.424. The van der Waals surface area contributed by atoms with Gasteiger partial charge in [0.05, 0.1) is 11.5 Å². The highest BCUT2D eigenvalue weighted by atomic mass is 19.4. The molecule has 0 unspecified atom stereocenters. The van der Waals surface area contributed by atoms with Gasteiger partial charge in [-0.05, 0) is 95.8 Å². The zero-order valence-electron chi connectivity index (χ0n) is 23.2. The number of fused-ring (bicyclic) bond motifs is 1. The molecule has 1 heterocycles. The minimum Gasteiger partial charge on any atom is -0.491 e. The van der Waals surface area contributed by atoms with Crippen molar-refractivity contribution in [2.24, 2.45) is 5.92 Å². The van der Waals surface area contributed by atoms with Gasteiger partial charge in [-0.3, -0.25) is 4.79 Å². The number of aryl methyl sites for hydroxylation is 1. The minimum absolute atomic E-state index is 0.0118. The second kappa shape index (κ2) is 10.9. The quantitative estimate of drug-likeness (QED) is 0.302. The minimum atomic E-state index is -4.54. The summed E-state index contributed by atoms with van der Waals surface area (Å²) in [5.41, 5.74) is 1.84. The highest BCUT2D eigenvalue weighted by molar-refractivity contribution is 5.76. The molecule has 2 N–H and O–H groups in total. The smallest absolute Gasteiger partial charge is 0.417 e. The van der Waals surface area contributed by atoms with Crippen molar-refractivity contribution in [3.8, 4) is 22.6 Å². The molecule has 3 atom stereocenters. The van der Waals surface area contributed by atoms with Crippen LogP contribution < -0.4 is 9.47 Å². The number of alkyl halides is 3. The summed E-state index contributed by atoms with van der Waals surface area (Å²) in [5.74, 6) is -0.0543. The van der Waals surface area contributed by atoms with Gasteiger partial charge in [0.25, 0.3) is 0 Å². The standard InChI is InChI=1S/C33H33F3O6/c1-19-16-27(33(34,35)36)30(21-4-6-22(7-5-21)41-18-32(39)12-14-40-15-13-32)24-10-11-28(29(19)24)42-23-8-2-20(3-9-23)25-17-26(25)31(37)38/h2-9,16,25-26,28,39H,10-15,17-18H2,1H3,(H,37,38)/t25-,26+,28-/m1/s1. The van der Waals surface area contributed by atoms with E-state index in [1.54, 1.807) is 43.3 Å². The molecule has 3 aromatic carbocycles. The van der Waals surface area contributed by atoms with Crippen molar-refractivity contribution in [1.82, 2.24) is 0 Å². The van der Waals surface area contributed by atoms with Crippen LogP contribution in [0.4, 0.5) is 13.2 Å².